The molecule has 0 bridgehead atoms. The van der Waals surface area contributed by atoms with E-state index in [4.69, 9.17) is 4.74 Å². The summed E-state index contributed by atoms with van der Waals surface area (Å²) in [6.45, 7) is 2.51. The van der Waals surface area contributed by atoms with E-state index in [0.29, 0.717) is 17.6 Å². The highest BCUT2D eigenvalue weighted by Gasteiger charge is 2.32. The van der Waals surface area contributed by atoms with Crippen molar-refractivity contribution >= 4 is 28.2 Å². The molecule has 0 unspecified atom stereocenters. The van der Waals surface area contributed by atoms with Crippen LogP contribution < -0.4 is 4.90 Å². The summed E-state index contributed by atoms with van der Waals surface area (Å²) in [6, 6.07) is 11.2. The number of benzene rings is 2. The summed E-state index contributed by atoms with van der Waals surface area (Å²) < 4.78 is 44.5. The molecule has 0 radical (unpaired) electrons. The van der Waals surface area contributed by atoms with Crippen LogP contribution in [0, 0.1) is 0 Å². The Bertz CT molecular complexity index is 1060. The first-order valence-corrected chi connectivity index (χ1v) is 8.92. The van der Waals surface area contributed by atoms with Gasteiger partial charge in [0.2, 0.25) is 0 Å². The second kappa shape index (κ2) is 6.82. The minimum atomic E-state index is -4.46. The van der Waals surface area contributed by atoms with Gasteiger partial charge in [-0.3, -0.25) is 4.98 Å². The molecule has 0 saturated heterocycles. The zero-order valence-corrected chi connectivity index (χ0v) is 15.1. The number of alkyl halides is 3. The number of hydrogen-bond donors (Lipinski definition) is 0. The zero-order chi connectivity index (χ0) is 19.9. The van der Waals surface area contributed by atoms with Crippen LogP contribution in [0.25, 0.3) is 10.9 Å². The topological polar surface area (TPSA) is 42.4 Å². The fraction of sp³-hybridized carbons (Fsp3) is 0.238. The van der Waals surface area contributed by atoms with E-state index >= 15 is 0 Å². The second-order valence-electron chi connectivity index (χ2n) is 6.50. The fourth-order valence-corrected chi connectivity index (χ4v) is 3.57. The van der Waals surface area contributed by atoms with Crippen LogP contribution in [0.5, 0.6) is 0 Å². The van der Waals surface area contributed by atoms with Gasteiger partial charge in [0.05, 0.1) is 23.4 Å². The minimum absolute atomic E-state index is 0.183. The van der Waals surface area contributed by atoms with E-state index in [-0.39, 0.29) is 17.7 Å². The van der Waals surface area contributed by atoms with Crippen LogP contribution >= 0.6 is 0 Å². The Morgan fingerprint density at radius 1 is 1.21 bits per heavy atom. The smallest absolute Gasteiger partial charge is 0.416 e. The van der Waals surface area contributed by atoms with Gasteiger partial charge in [-0.05, 0) is 37.1 Å². The molecule has 0 N–H and O–H groups in total. The Hall–Kier alpha value is -3.09. The van der Waals surface area contributed by atoms with Gasteiger partial charge in [-0.25, -0.2) is 4.79 Å². The number of halogens is 3. The molecular formula is C21H17F3N2O2. The number of nitrogens with zero attached hydrogens (tertiary/aromatic N) is 2. The summed E-state index contributed by atoms with van der Waals surface area (Å²) in [5.74, 6) is -0.545. The molecule has 0 saturated carbocycles. The molecule has 2 heterocycles. The lowest BCUT2D eigenvalue weighted by Crippen LogP contribution is -2.19. The lowest BCUT2D eigenvalue weighted by Gasteiger charge is -2.24. The third-order valence-corrected chi connectivity index (χ3v) is 4.82. The van der Waals surface area contributed by atoms with E-state index in [1.54, 1.807) is 6.92 Å². The van der Waals surface area contributed by atoms with Crippen molar-refractivity contribution in [2.75, 3.05) is 18.1 Å². The van der Waals surface area contributed by atoms with E-state index in [9.17, 15) is 18.0 Å². The van der Waals surface area contributed by atoms with Crippen LogP contribution in [0.2, 0.25) is 0 Å². The lowest BCUT2D eigenvalue weighted by atomic mass is 10.0. The molecule has 144 valence electrons. The number of carbonyl (C=O) groups excluding carboxylic acids is 1. The van der Waals surface area contributed by atoms with E-state index < -0.39 is 17.7 Å². The largest absolute Gasteiger partial charge is 0.462 e. The molecule has 0 atom stereocenters. The molecule has 0 aliphatic carbocycles. The van der Waals surface area contributed by atoms with Gasteiger partial charge in [-0.2, -0.15) is 13.2 Å². The number of rotatable bonds is 3. The molecule has 7 heteroatoms. The number of esters is 1. The monoisotopic (exact) mass is 386 g/mol. The maximum absolute atomic E-state index is 13.1. The molecule has 4 rings (SSSR count). The van der Waals surface area contributed by atoms with Crippen molar-refractivity contribution in [3.05, 3.63) is 65.4 Å². The number of hydrogen-bond acceptors (Lipinski definition) is 4. The Morgan fingerprint density at radius 3 is 2.75 bits per heavy atom. The normalized spacial score (nSPS) is 13.6. The number of carbonyl (C=O) groups is 1. The molecule has 0 spiro atoms. The third kappa shape index (κ3) is 3.06. The Kier molecular flexibility index (Phi) is 4.45. The van der Waals surface area contributed by atoms with Crippen molar-refractivity contribution in [2.24, 2.45) is 0 Å². The predicted octanol–water partition coefficient (Wildman–Crippen LogP) is 5.12. The number of anilines is 2. The number of ether oxygens (including phenoxy) is 1. The molecule has 4 nitrogen and oxygen atoms in total. The van der Waals surface area contributed by atoms with Crippen molar-refractivity contribution in [3.63, 3.8) is 0 Å². The van der Waals surface area contributed by atoms with Gasteiger partial charge < -0.3 is 9.64 Å². The van der Waals surface area contributed by atoms with Crippen LogP contribution in [0.15, 0.2) is 48.7 Å². The highest BCUT2D eigenvalue weighted by Crippen LogP contribution is 2.41. The van der Waals surface area contributed by atoms with Crippen LogP contribution in [-0.2, 0) is 17.3 Å². The summed E-state index contributed by atoms with van der Waals surface area (Å²) in [4.78, 5) is 18.6. The molecular weight excluding hydrogens is 369 g/mol. The average molecular weight is 386 g/mol. The molecule has 28 heavy (non-hydrogen) atoms. The maximum atomic E-state index is 13.1. The summed E-state index contributed by atoms with van der Waals surface area (Å²) >= 11 is 0. The van der Waals surface area contributed by atoms with Crippen LogP contribution in [0.4, 0.5) is 24.5 Å². The molecule has 1 aromatic heterocycles. The number of fused-ring (bicyclic) bond motifs is 2. The SMILES string of the molecule is CCOC(=O)c1cnc2cc(C(F)(F)F)ccc2c1N1CCc2ccccc21. The first-order valence-electron chi connectivity index (χ1n) is 8.92. The van der Waals surface area contributed by atoms with E-state index in [1.807, 2.05) is 29.2 Å². The van der Waals surface area contributed by atoms with Crippen LogP contribution in [0.3, 0.4) is 0 Å². The number of para-hydroxylation sites is 1. The first-order chi connectivity index (χ1) is 13.4. The van der Waals surface area contributed by atoms with E-state index in [2.05, 4.69) is 4.98 Å². The Balaban J connectivity index is 1.95. The highest BCUT2D eigenvalue weighted by molar-refractivity contribution is 6.07. The number of aromatic nitrogens is 1. The van der Waals surface area contributed by atoms with Gasteiger partial charge in [0, 0.05) is 23.8 Å². The van der Waals surface area contributed by atoms with E-state index in [1.165, 1.54) is 12.3 Å². The van der Waals surface area contributed by atoms with Crippen LogP contribution in [0.1, 0.15) is 28.4 Å². The second-order valence-corrected chi connectivity index (χ2v) is 6.50. The summed E-state index contributed by atoms with van der Waals surface area (Å²) in [5.41, 5.74) is 2.23. The van der Waals surface area contributed by atoms with Gasteiger partial charge in [0.25, 0.3) is 0 Å². The lowest BCUT2D eigenvalue weighted by molar-refractivity contribution is -0.137. The van der Waals surface area contributed by atoms with Crippen molar-refractivity contribution in [1.29, 1.82) is 0 Å². The van der Waals surface area contributed by atoms with E-state index in [0.717, 1.165) is 29.8 Å². The summed E-state index contributed by atoms with van der Waals surface area (Å²) in [7, 11) is 0. The molecule has 3 aromatic rings. The first kappa shape index (κ1) is 18.3. The van der Waals surface area contributed by atoms with Crippen molar-refractivity contribution in [1.82, 2.24) is 4.98 Å². The van der Waals surface area contributed by atoms with Gasteiger partial charge >= 0.3 is 12.1 Å². The molecule has 1 aliphatic rings. The van der Waals surface area contributed by atoms with Gasteiger partial charge in [-0.1, -0.05) is 24.3 Å². The summed E-state index contributed by atoms with van der Waals surface area (Å²) in [6.07, 6.45) is -2.38. The molecule has 1 aliphatic heterocycles. The highest BCUT2D eigenvalue weighted by atomic mass is 19.4. The molecule has 2 aromatic carbocycles. The predicted molar refractivity (Wildman–Crippen MR) is 99.9 cm³/mol. The number of pyridine rings is 1. The molecule has 0 fully saturated rings. The maximum Gasteiger partial charge on any atom is 0.416 e. The minimum Gasteiger partial charge on any atom is -0.462 e. The van der Waals surface area contributed by atoms with Crippen molar-refractivity contribution in [2.45, 2.75) is 19.5 Å². The van der Waals surface area contributed by atoms with Gasteiger partial charge in [0.15, 0.2) is 0 Å². The standard InChI is InChI=1S/C21H17F3N2O2/c1-2-28-20(27)16-12-25-17-11-14(21(22,23)24)7-8-15(17)19(16)26-10-9-13-5-3-4-6-18(13)26/h3-8,11-12H,2,9-10H2,1H3. The van der Waals surface area contributed by atoms with Crippen LogP contribution in [-0.4, -0.2) is 24.1 Å². The Labute approximate surface area is 159 Å². The fourth-order valence-electron chi connectivity index (χ4n) is 3.57. The van der Waals surface area contributed by atoms with Crippen molar-refractivity contribution in [3.8, 4) is 0 Å². The summed E-state index contributed by atoms with van der Waals surface area (Å²) in [5, 5.41) is 0.482. The van der Waals surface area contributed by atoms with Gasteiger partial charge in [-0.15, -0.1) is 0 Å². The third-order valence-electron chi connectivity index (χ3n) is 4.82. The quantitative estimate of drug-likeness (QED) is 0.586. The van der Waals surface area contributed by atoms with Crippen molar-refractivity contribution < 1.29 is 22.7 Å². The van der Waals surface area contributed by atoms with Gasteiger partial charge in [0.1, 0.15) is 5.56 Å². The Morgan fingerprint density at radius 2 is 2.00 bits per heavy atom. The molecule has 0 amide bonds. The zero-order valence-electron chi connectivity index (χ0n) is 15.1. The average Bonchev–Trinajstić information content (AvgIpc) is 3.10.